The molecule has 0 aliphatic carbocycles. The topological polar surface area (TPSA) is 29.0 Å². The second-order valence-corrected chi connectivity index (χ2v) is 6.61. The van der Waals surface area contributed by atoms with Crippen LogP contribution in [-0.2, 0) is 13.0 Å². The largest absolute Gasteiger partial charge is 0.342 e. The van der Waals surface area contributed by atoms with Gasteiger partial charge < -0.3 is 4.90 Å². The van der Waals surface area contributed by atoms with Gasteiger partial charge in [-0.1, -0.05) is 11.3 Å². The van der Waals surface area contributed by atoms with E-state index in [2.05, 4.69) is 42.5 Å². The Hall–Kier alpha value is -0.460. The van der Waals surface area contributed by atoms with Gasteiger partial charge in [-0.05, 0) is 39.4 Å². The van der Waals surface area contributed by atoms with Gasteiger partial charge in [0, 0.05) is 18.0 Å². The molecule has 3 rings (SSSR count). The van der Waals surface area contributed by atoms with Gasteiger partial charge in [0.05, 0.1) is 0 Å². The molecule has 0 spiro atoms. The highest BCUT2D eigenvalue weighted by Crippen LogP contribution is 2.30. The van der Waals surface area contributed by atoms with E-state index in [1.807, 2.05) is 11.3 Å². The van der Waals surface area contributed by atoms with Crippen LogP contribution in [-0.4, -0.2) is 16.7 Å². The summed E-state index contributed by atoms with van der Waals surface area (Å²) >= 11 is 6.80. The molecular formula is C9H8BrN3S2. The van der Waals surface area contributed by atoms with E-state index in [1.54, 1.807) is 11.3 Å². The molecule has 1 aliphatic heterocycles. The average Bonchev–Trinajstić information content (AvgIpc) is 2.84. The third-order valence-electron chi connectivity index (χ3n) is 2.47. The van der Waals surface area contributed by atoms with Crippen molar-refractivity contribution in [2.45, 2.75) is 13.0 Å². The van der Waals surface area contributed by atoms with Gasteiger partial charge in [-0.3, -0.25) is 0 Å². The van der Waals surface area contributed by atoms with E-state index >= 15 is 0 Å². The minimum atomic E-state index is 0.855. The first-order valence-corrected chi connectivity index (χ1v) is 7.11. The Morgan fingerprint density at radius 2 is 2.33 bits per heavy atom. The molecule has 0 saturated heterocycles. The van der Waals surface area contributed by atoms with Crippen LogP contribution >= 0.6 is 38.6 Å². The monoisotopic (exact) mass is 301 g/mol. The van der Waals surface area contributed by atoms with Crippen LogP contribution in [0.3, 0.4) is 0 Å². The first-order chi connectivity index (χ1) is 7.33. The summed E-state index contributed by atoms with van der Waals surface area (Å²) in [5.74, 6) is 0. The zero-order valence-corrected chi connectivity index (χ0v) is 11.0. The lowest BCUT2D eigenvalue weighted by molar-refractivity contribution is 0.734. The molecule has 0 bridgehead atoms. The molecule has 0 unspecified atom stereocenters. The maximum atomic E-state index is 4.15. The highest BCUT2D eigenvalue weighted by molar-refractivity contribution is 9.11. The van der Waals surface area contributed by atoms with Crippen molar-refractivity contribution in [1.82, 2.24) is 10.2 Å². The van der Waals surface area contributed by atoms with E-state index in [4.69, 9.17) is 0 Å². The number of nitrogens with zero attached hydrogens (tertiary/aromatic N) is 3. The van der Waals surface area contributed by atoms with Gasteiger partial charge in [0.15, 0.2) is 3.92 Å². The van der Waals surface area contributed by atoms with Crippen LogP contribution in [0.1, 0.15) is 10.4 Å². The van der Waals surface area contributed by atoms with Gasteiger partial charge in [-0.2, -0.15) is 0 Å². The van der Waals surface area contributed by atoms with Gasteiger partial charge in [0.1, 0.15) is 0 Å². The third-order valence-corrected chi connectivity index (χ3v) is 4.91. The van der Waals surface area contributed by atoms with E-state index in [9.17, 15) is 0 Å². The molecule has 0 aromatic carbocycles. The third kappa shape index (κ3) is 1.81. The predicted molar refractivity (Wildman–Crippen MR) is 66.7 cm³/mol. The summed E-state index contributed by atoms with van der Waals surface area (Å²) in [4.78, 5) is 3.81. The number of fused-ring (bicyclic) bond motifs is 1. The van der Waals surface area contributed by atoms with Crippen LogP contribution in [0.4, 0.5) is 5.13 Å². The average molecular weight is 302 g/mol. The summed E-state index contributed by atoms with van der Waals surface area (Å²) in [5.41, 5.74) is 1.44. The summed E-state index contributed by atoms with van der Waals surface area (Å²) in [6.07, 6.45) is 1.13. The van der Waals surface area contributed by atoms with Crippen LogP contribution in [0, 0.1) is 0 Å². The number of rotatable bonds is 1. The van der Waals surface area contributed by atoms with Gasteiger partial charge in [-0.15, -0.1) is 21.5 Å². The van der Waals surface area contributed by atoms with E-state index in [0.29, 0.717) is 0 Å². The molecule has 0 radical (unpaired) electrons. The molecular weight excluding hydrogens is 294 g/mol. The van der Waals surface area contributed by atoms with Crippen molar-refractivity contribution in [3.8, 4) is 0 Å². The molecule has 0 N–H and O–H groups in total. The van der Waals surface area contributed by atoms with Crippen molar-refractivity contribution >= 4 is 43.7 Å². The molecule has 6 heteroatoms. The number of hydrogen-bond donors (Lipinski definition) is 0. The molecule has 78 valence electrons. The van der Waals surface area contributed by atoms with Crippen molar-refractivity contribution in [1.29, 1.82) is 0 Å². The molecule has 0 fully saturated rings. The van der Waals surface area contributed by atoms with E-state index in [0.717, 1.165) is 28.6 Å². The molecule has 1 aliphatic rings. The fraction of sp³-hybridized carbons (Fsp3) is 0.333. The van der Waals surface area contributed by atoms with E-state index < -0.39 is 0 Å². The van der Waals surface area contributed by atoms with Gasteiger partial charge in [0.2, 0.25) is 5.13 Å². The van der Waals surface area contributed by atoms with Crippen LogP contribution in [0.15, 0.2) is 15.4 Å². The summed E-state index contributed by atoms with van der Waals surface area (Å²) < 4.78 is 0.855. The number of hydrogen-bond acceptors (Lipinski definition) is 5. The molecule has 3 nitrogen and oxygen atoms in total. The minimum absolute atomic E-state index is 0.855. The van der Waals surface area contributed by atoms with E-state index in [1.165, 1.54) is 10.4 Å². The van der Waals surface area contributed by atoms with Crippen LogP contribution in [0.25, 0.3) is 0 Å². The first kappa shape index (κ1) is 9.74. The lowest BCUT2D eigenvalue weighted by Gasteiger charge is -2.25. The van der Waals surface area contributed by atoms with Crippen molar-refractivity contribution in [3.63, 3.8) is 0 Å². The zero-order valence-electron chi connectivity index (χ0n) is 7.81. The highest BCUT2D eigenvalue weighted by Gasteiger charge is 2.19. The Kier molecular flexibility index (Phi) is 2.50. The van der Waals surface area contributed by atoms with Crippen LogP contribution in [0.5, 0.6) is 0 Å². The Balaban J connectivity index is 1.87. The fourth-order valence-corrected chi connectivity index (χ4v) is 3.74. The normalized spacial score (nSPS) is 15.4. The molecule has 0 saturated carbocycles. The standard InChI is InChI=1S/C9H8BrN3S2/c10-8-11-12-9(15-8)13-3-1-7-6(5-13)2-4-14-7/h2,4H,1,3,5H2. The summed E-state index contributed by atoms with van der Waals surface area (Å²) in [5, 5.41) is 11.3. The molecule has 2 aromatic rings. The Labute approximate surface area is 104 Å². The summed E-state index contributed by atoms with van der Waals surface area (Å²) in [7, 11) is 0. The lowest BCUT2D eigenvalue weighted by atomic mass is 10.1. The lowest BCUT2D eigenvalue weighted by Crippen LogP contribution is -2.29. The van der Waals surface area contributed by atoms with Crippen LogP contribution < -0.4 is 4.90 Å². The van der Waals surface area contributed by atoms with Crippen molar-refractivity contribution in [2.75, 3.05) is 11.4 Å². The van der Waals surface area contributed by atoms with Crippen LogP contribution in [0.2, 0.25) is 0 Å². The zero-order chi connectivity index (χ0) is 10.3. The number of thiophene rings is 1. The van der Waals surface area contributed by atoms with Gasteiger partial charge in [0.25, 0.3) is 0 Å². The van der Waals surface area contributed by atoms with Gasteiger partial charge in [-0.25, -0.2) is 0 Å². The number of halogens is 1. The van der Waals surface area contributed by atoms with Crippen molar-refractivity contribution in [3.05, 3.63) is 25.8 Å². The summed E-state index contributed by atoms with van der Waals surface area (Å²) in [6, 6.07) is 2.21. The SMILES string of the molecule is Brc1nnc(N2CCc3sccc3C2)s1. The highest BCUT2D eigenvalue weighted by atomic mass is 79.9. The number of aromatic nitrogens is 2. The second kappa shape index (κ2) is 3.84. The fourth-order valence-electron chi connectivity index (χ4n) is 1.74. The maximum absolute atomic E-state index is 4.15. The number of anilines is 1. The smallest absolute Gasteiger partial charge is 0.209 e. The van der Waals surface area contributed by atoms with Crippen molar-refractivity contribution in [2.24, 2.45) is 0 Å². The predicted octanol–water partition coefficient (Wildman–Crippen LogP) is 2.92. The maximum Gasteiger partial charge on any atom is 0.209 e. The Morgan fingerprint density at radius 3 is 3.13 bits per heavy atom. The summed E-state index contributed by atoms with van der Waals surface area (Å²) in [6.45, 7) is 2.02. The molecule has 0 atom stereocenters. The first-order valence-electron chi connectivity index (χ1n) is 4.62. The molecule has 0 amide bonds. The van der Waals surface area contributed by atoms with E-state index in [-0.39, 0.29) is 0 Å². The minimum Gasteiger partial charge on any atom is -0.342 e. The molecule has 15 heavy (non-hydrogen) atoms. The molecule has 3 heterocycles. The van der Waals surface area contributed by atoms with Crippen molar-refractivity contribution < 1.29 is 0 Å². The molecule has 2 aromatic heterocycles. The quantitative estimate of drug-likeness (QED) is 0.811. The second-order valence-electron chi connectivity index (χ2n) is 3.38. The van der Waals surface area contributed by atoms with Gasteiger partial charge >= 0.3 is 0 Å². The Bertz CT molecular complexity index is 479. The Morgan fingerprint density at radius 1 is 1.40 bits per heavy atom.